The smallest absolute Gasteiger partial charge is 0.226 e. The highest BCUT2D eigenvalue weighted by Crippen LogP contribution is 1.89. The molecule has 0 aliphatic carbocycles. The lowest BCUT2D eigenvalue weighted by atomic mass is 10.3. The van der Waals surface area contributed by atoms with Gasteiger partial charge >= 0.3 is 0 Å². The third-order valence-corrected chi connectivity index (χ3v) is 2.02. The number of unbranched alkanes of at least 4 members (excludes halogenated alkanes) is 1. The molecule has 0 aliphatic rings. The second-order valence-corrected chi connectivity index (χ2v) is 3.21. The van der Waals surface area contributed by atoms with Crippen molar-refractivity contribution >= 4 is 19.5 Å². The molecule has 0 heterocycles. The molecule has 0 saturated carbocycles. The zero-order valence-electron chi connectivity index (χ0n) is 6.64. The molecule has 0 N–H and O–H groups in total. The van der Waals surface area contributed by atoms with E-state index in [4.69, 9.17) is 8.85 Å². The van der Waals surface area contributed by atoms with E-state index in [1.807, 2.05) is 13.1 Å². The van der Waals surface area contributed by atoms with Crippen molar-refractivity contribution < 1.29 is 8.85 Å². The Bertz CT molecular complexity index is 53.7. The van der Waals surface area contributed by atoms with E-state index >= 15 is 0 Å². The topological polar surface area (TPSA) is 18.5 Å². The lowest BCUT2D eigenvalue weighted by Gasteiger charge is -2.00. The monoisotopic (exact) mass is 174 g/mol. The second kappa shape index (κ2) is 9.35. The first-order chi connectivity index (χ1) is 4.91. The molecule has 0 rings (SSSR count). The number of hydrogen-bond donors (Lipinski definition) is 0. The normalized spacial score (nSPS) is 10.2. The Hall–Kier alpha value is 0.354. The van der Waals surface area contributed by atoms with Crippen molar-refractivity contribution in [1.29, 1.82) is 0 Å². The zero-order valence-corrected chi connectivity index (χ0v) is 8.64. The molecule has 0 unspecified atom stereocenters. The van der Waals surface area contributed by atoms with Crippen LogP contribution in [0.25, 0.3) is 0 Å². The van der Waals surface area contributed by atoms with Crippen molar-refractivity contribution in [3.63, 3.8) is 0 Å². The van der Waals surface area contributed by atoms with Crippen LogP contribution in [0.5, 0.6) is 0 Å². The standard InChI is InChI=1S/C6H14O2Si2/c1-9-7-5-3-4-6-8-10-2/h3-6H2,1-2H3. The summed E-state index contributed by atoms with van der Waals surface area (Å²) in [6.45, 7) is 5.88. The Morgan fingerprint density at radius 3 is 1.60 bits per heavy atom. The van der Waals surface area contributed by atoms with Crippen LogP contribution in [0.2, 0.25) is 13.1 Å². The minimum absolute atomic E-state index is 0.631. The van der Waals surface area contributed by atoms with Crippen LogP contribution in [0.3, 0.4) is 0 Å². The van der Waals surface area contributed by atoms with Crippen LogP contribution in [0.15, 0.2) is 0 Å². The number of rotatable bonds is 7. The van der Waals surface area contributed by atoms with Crippen LogP contribution in [0, 0.1) is 0 Å². The molecule has 0 atom stereocenters. The van der Waals surface area contributed by atoms with Crippen LogP contribution in [-0.4, -0.2) is 32.7 Å². The van der Waals surface area contributed by atoms with Crippen molar-refractivity contribution in [3.8, 4) is 0 Å². The molecule has 58 valence electrons. The highest BCUT2D eigenvalue weighted by atomic mass is 28.2. The molecule has 0 aromatic heterocycles. The summed E-state index contributed by atoms with van der Waals surface area (Å²) in [5.74, 6) is 0. The Labute approximate surface area is 68.2 Å². The lowest BCUT2D eigenvalue weighted by molar-refractivity contribution is 0.282. The Morgan fingerprint density at radius 1 is 0.900 bits per heavy atom. The van der Waals surface area contributed by atoms with Gasteiger partial charge < -0.3 is 8.85 Å². The van der Waals surface area contributed by atoms with Crippen LogP contribution in [-0.2, 0) is 8.85 Å². The Kier molecular flexibility index (Phi) is 9.68. The van der Waals surface area contributed by atoms with Gasteiger partial charge in [-0.3, -0.25) is 0 Å². The molecule has 0 fully saturated rings. The van der Waals surface area contributed by atoms with Gasteiger partial charge in [0.2, 0.25) is 19.5 Å². The van der Waals surface area contributed by atoms with E-state index in [1.165, 1.54) is 0 Å². The van der Waals surface area contributed by atoms with Gasteiger partial charge in [0.15, 0.2) is 0 Å². The molecular weight excluding hydrogens is 160 g/mol. The summed E-state index contributed by atoms with van der Waals surface area (Å²) in [4.78, 5) is 0. The fourth-order valence-corrected chi connectivity index (χ4v) is 1.25. The molecule has 0 amide bonds. The third kappa shape index (κ3) is 8.35. The summed E-state index contributed by atoms with van der Waals surface area (Å²) in [5, 5.41) is 0. The van der Waals surface area contributed by atoms with E-state index in [-0.39, 0.29) is 0 Å². The van der Waals surface area contributed by atoms with Crippen molar-refractivity contribution in [2.24, 2.45) is 0 Å². The van der Waals surface area contributed by atoms with Gasteiger partial charge in [-0.15, -0.1) is 0 Å². The fraction of sp³-hybridized carbons (Fsp3) is 1.00. The van der Waals surface area contributed by atoms with Crippen molar-refractivity contribution in [2.75, 3.05) is 13.2 Å². The SMILES string of the molecule is C[Si]OCCCCO[Si]C. The fourth-order valence-electron chi connectivity index (χ4n) is 0.553. The molecule has 2 nitrogen and oxygen atoms in total. The minimum atomic E-state index is 0.631. The molecule has 0 aliphatic heterocycles. The first kappa shape index (κ1) is 10.4. The van der Waals surface area contributed by atoms with E-state index in [0.29, 0.717) is 19.5 Å². The first-order valence-corrected chi connectivity index (χ1v) is 6.30. The maximum Gasteiger partial charge on any atom is 0.226 e. The van der Waals surface area contributed by atoms with Crippen LogP contribution >= 0.6 is 0 Å². The zero-order chi connectivity index (χ0) is 7.66. The molecule has 4 radical (unpaired) electrons. The number of hydrogen-bond acceptors (Lipinski definition) is 2. The van der Waals surface area contributed by atoms with Gasteiger partial charge in [-0.25, -0.2) is 0 Å². The highest BCUT2D eigenvalue weighted by molar-refractivity contribution is 6.24. The summed E-state index contributed by atoms with van der Waals surface area (Å²) in [6, 6.07) is 0. The van der Waals surface area contributed by atoms with E-state index in [9.17, 15) is 0 Å². The summed E-state index contributed by atoms with van der Waals surface area (Å²) >= 11 is 0. The van der Waals surface area contributed by atoms with E-state index in [1.54, 1.807) is 0 Å². The Morgan fingerprint density at radius 2 is 1.30 bits per heavy atom. The average Bonchev–Trinajstić information content (AvgIpc) is 1.97. The molecule has 10 heavy (non-hydrogen) atoms. The van der Waals surface area contributed by atoms with Crippen LogP contribution in [0.4, 0.5) is 0 Å². The maximum atomic E-state index is 5.19. The predicted octanol–water partition coefficient (Wildman–Crippen LogP) is 1.13. The molecule has 0 bridgehead atoms. The van der Waals surface area contributed by atoms with Gasteiger partial charge in [0.05, 0.1) is 0 Å². The predicted molar refractivity (Wildman–Crippen MR) is 44.4 cm³/mol. The lowest BCUT2D eigenvalue weighted by Crippen LogP contribution is -2.00. The van der Waals surface area contributed by atoms with Gasteiger partial charge in [-0.1, -0.05) is 0 Å². The second-order valence-electron chi connectivity index (χ2n) is 1.81. The van der Waals surface area contributed by atoms with Crippen LogP contribution in [0.1, 0.15) is 12.8 Å². The van der Waals surface area contributed by atoms with Gasteiger partial charge in [-0.2, -0.15) is 0 Å². The third-order valence-electron chi connectivity index (χ3n) is 1.03. The molecule has 0 aromatic rings. The largest absolute Gasteiger partial charge is 0.418 e. The van der Waals surface area contributed by atoms with Gasteiger partial charge in [0.25, 0.3) is 0 Å². The molecule has 0 spiro atoms. The molecule has 0 saturated heterocycles. The Balaban J connectivity index is 2.65. The van der Waals surface area contributed by atoms with Crippen LogP contribution < -0.4 is 0 Å². The minimum Gasteiger partial charge on any atom is -0.418 e. The highest BCUT2D eigenvalue weighted by Gasteiger charge is 1.87. The van der Waals surface area contributed by atoms with E-state index in [0.717, 1.165) is 26.1 Å². The maximum absolute atomic E-state index is 5.19. The van der Waals surface area contributed by atoms with Gasteiger partial charge in [0, 0.05) is 13.2 Å². The van der Waals surface area contributed by atoms with Crippen molar-refractivity contribution in [3.05, 3.63) is 0 Å². The van der Waals surface area contributed by atoms with E-state index < -0.39 is 0 Å². The molecular formula is C6H14O2Si2. The van der Waals surface area contributed by atoms with Gasteiger partial charge in [0.1, 0.15) is 0 Å². The summed E-state index contributed by atoms with van der Waals surface area (Å²) in [7, 11) is 1.26. The summed E-state index contributed by atoms with van der Waals surface area (Å²) in [6.07, 6.45) is 2.26. The molecule has 0 aromatic carbocycles. The first-order valence-electron chi connectivity index (χ1n) is 3.49. The van der Waals surface area contributed by atoms with Gasteiger partial charge in [-0.05, 0) is 25.9 Å². The summed E-state index contributed by atoms with van der Waals surface area (Å²) < 4.78 is 10.4. The van der Waals surface area contributed by atoms with E-state index in [2.05, 4.69) is 0 Å². The average molecular weight is 174 g/mol. The van der Waals surface area contributed by atoms with Crippen molar-refractivity contribution in [1.82, 2.24) is 0 Å². The quantitative estimate of drug-likeness (QED) is 0.425. The molecule has 4 heteroatoms. The summed E-state index contributed by atoms with van der Waals surface area (Å²) in [5.41, 5.74) is 0. The van der Waals surface area contributed by atoms with Crippen molar-refractivity contribution in [2.45, 2.75) is 25.9 Å².